The molecule has 0 amide bonds. The van der Waals surface area contributed by atoms with Crippen LogP contribution in [0.25, 0.3) is 99.4 Å². The van der Waals surface area contributed by atoms with E-state index in [0.29, 0.717) is 17.5 Å². The molecule has 0 aliphatic heterocycles. The van der Waals surface area contributed by atoms with Gasteiger partial charge in [0.2, 0.25) is 0 Å². The van der Waals surface area contributed by atoms with E-state index in [4.69, 9.17) is 29.9 Å². The fourth-order valence-electron chi connectivity index (χ4n) is 7.01. The topological polar surface area (TPSA) is 77.3 Å². The summed E-state index contributed by atoms with van der Waals surface area (Å²) in [6.07, 6.45) is 3.70. The van der Waals surface area contributed by atoms with Gasteiger partial charge in [0.25, 0.3) is 0 Å². The van der Waals surface area contributed by atoms with Gasteiger partial charge in [0.15, 0.2) is 17.5 Å². The largest absolute Gasteiger partial charge is 0.256 e. The lowest BCUT2D eigenvalue weighted by molar-refractivity contribution is 1.07. The van der Waals surface area contributed by atoms with Crippen molar-refractivity contribution in [1.82, 2.24) is 29.9 Å². The molecule has 0 bridgehead atoms. The Morgan fingerprint density at radius 1 is 0.382 bits per heavy atom. The molecule has 5 heterocycles. The van der Waals surface area contributed by atoms with Gasteiger partial charge in [-0.1, -0.05) is 140 Å². The molecular weight excluding hydrogens is 693 g/mol. The van der Waals surface area contributed by atoms with Crippen LogP contribution in [0.1, 0.15) is 0 Å². The van der Waals surface area contributed by atoms with E-state index in [9.17, 15) is 0 Å². The number of hydrogen-bond donors (Lipinski definition) is 0. The van der Waals surface area contributed by atoms with Gasteiger partial charge in [-0.3, -0.25) is 9.97 Å². The zero-order valence-electron chi connectivity index (χ0n) is 29.4. The minimum atomic E-state index is 0.623. The number of nitrogens with zero attached hydrogens (tertiary/aromatic N) is 6. The van der Waals surface area contributed by atoms with E-state index < -0.39 is 0 Å². The van der Waals surface area contributed by atoms with Gasteiger partial charge in [0.1, 0.15) is 0 Å². The fourth-order valence-corrected chi connectivity index (χ4v) is 8.33. The van der Waals surface area contributed by atoms with Gasteiger partial charge in [-0.25, -0.2) is 19.9 Å². The molecule has 6 nitrogen and oxygen atoms in total. The third kappa shape index (κ3) is 6.12. The SMILES string of the molecule is c1ccc(-c2nc(-c3ccccc3)nc(-c3ccc(-c4ccc5c(c4)nc(-c4ccccc4)c4sc(-c6ccccn6)c(-c6ccccn6)c45)cc3)n2)cc1. The molecule has 0 aliphatic carbocycles. The monoisotopic (exact) mass is 722 g/mol. The fraction of sp³-hybridized carbons (Fsp3) is 0. The molecule has 5 aromatic heterocycles. The normalized spacial score (nSPS) is 11.3. The number of hydrogen-bond acceptors (Lipinski definition) is 7. The summed E-state index contributed by atoms with van der Waals surface area (Å²) in [7, 11) is 0. The minimum absolute atomic E-state index is 0.623. The number of rotatable bonds is 7. The zero-order valence-corrected chi connectivity index (χ0v) is 30.2. The van der Waals surface area contributed by atoms with E-state index in [0.717, 1.165) is 81.9 Å². The molecule has 0 radical (unpaired) electrons. The maximum absolute atomic E-state index is 5.39. The Hall–Kier alpha value is -7.22. The highest BCUT2D eigenvalue weighted by atomic mass is 32.1. The van der Waals surface area contributed by atoms with Gasteiger partial charge < -0.3 is 0 Å². The number of aromatic nitrogens is 6. The second-order valence-corrected chi connectivity index (χ2v) is 14.1. The maximum atomic E-state index is 5.39. The van der Waals surface area contributed by atoms with E-state index in [2.05, 4.69) is 78.9 Å². The number of pyridine rings is 3. The molecule has 0 spiro atoms. The predicted octanol–water partition coefficient (Wildman–Crippen LogP) is 12.1. The molecule has 10 rings (SSSR count). The first-order valence-electron chi connectivity index (χ1n) is 18.0. The van der Waals surface area contributed by atoms with Crippen LogP contribution in [-0.2, 0) is 0 Å². The van der Waals surface area contributed by atoms with Crippen molar-refractivity contribution in [3.8, 4) is 78.4 Å². The second-order valence-electron chi connectivity index (χ2n) is 13.1. The summed E-state index contributed by atoms with van der Waals surface area (Å²) in [5.74, 6) is 1.90. The first kappa shape index (κ1) is 32.4. The van der Waals surface area contributed by atoms with Crippen LogP contribution in [0.4, 0.5) is 0 Å². The molecule has 0 N–H and O–H groups in total. The third-order valence-electron chi connectivity index (χ3n) is 9.66. The van der Waals surface area contributed by atoms with Crippen LogP contribution in [0.5, 0.6) is 0 Å². The van der Waals surface area contributed by atoms with Crippen molar-refractivity contribution < 1.29 is 0 Å². The Kier molecular flexibility index (Phi) is 8.24. The molecule has 0 fully saturated rings. The molecule has 0 saturated carbocycles. The Morgan fingerprint density at radius 3 is 1.44 bits per heavy atom. The first-order valence-corrected chi connectivity index (χ1v) is 18.8. The van der Waals surface area contributed by atoms with Gasteiger partial charge in [-0.15, -0.1) is 11.3 Å². The Morgan fingerprint density at radius 2 is 0.873 bits per heavy atom. The Labute approximate surface area is 321 Å². The highest BCUT2D eigenvalue weighted by Crippen LogP contribution is 2.49. The lowest BCUT2D eigenvalue weighted by atomic mass is 9.96. The second kappa shape index (κ2) is 14.0. The summed E-state index contributed by atoms with van der Waals surface area (Å²) in [5.41, 5.74) is 10.7. The highest BCUT2D eigenvalue weighted by molar-refractivity contribution is 7.23. The summed E-state index contributed by atoms with van der Waals surface area (Å²) in [6.45, 7) is 0. The average molecular weight is 723 g/mol. The van der Waals surface area contributed by atoms with Crippen molar-refractivity contribution in [3.63, 3.8) is 0 Å². The van der Waals surface area contributed by atoms with Crippen LogP contribution in [0.2, 0.25) is 0 Å². The van der Waals surface area contributed by atoms with Crippen molar-refractivity contribution in [1.29, 1.82) is 0 Å². The number of fused-ring (bicyclic) bond motifs is 3. The molecule has 7 heteroatoms. The summed E-state index contributed by atoms with van der Waals surface area (Å²) in [6, 6.07) is 57.7. The number of thiophene rings is 1. The highest BCUT2D eigenvalue weighted by Gasteiger charge is 2.23. The summed E-state index contributed by atoms with van der Waals surface area (Å²) < 4.78 is 1.11. The lowest BCUT2D eigenvalue weighted by Crippen LogP contribution is -2.00. The quantitative estimate of drug-likeness (QED) is 0.163. The van der Waals surface area contributed by atoms with Crippen LogP contribution in [0, 0.1) is 0 Å². The van der Waals surface area contributed by atoms with Crippen molar-refractivity contribution in [3.05, 3.63) is 182 Å². The molecule has 55 heavy (non-hydrogen) atoms. The van der Waals surface area contributed by atoms with E-state index in [1.807, 2.05) is 103 Å². The maximum Gasteiger partial charge on any atom is 0.164 e. The average Bonchev–Trinajstić information content (AvgIpc) is 3.68. The molecule has 10 aromatic rings. The first-order chi connectivity index (χ1) is 27.3. The van der Waals surface area contributed by atoms with Gasteiger partial charge >= 0.3 is 0 Å². The summed E-state index contributed by atoms with van der Waals surface area (Å²) in [4.78, 5) is 30.8. The third-order valence-corrected chi connectivity index (χ3v) is 10.9. The smallest absolute Gasteiger partial charge is 0.164 e. The molecule has 5 aromatic carbocycles. The lowest BCUT2D eigenvalue weighted by Gasteiger charge is -2.11. The molecule has 0 unspecified atom stereocenters. The van der Waals surface area contributed by atoms with Crippen molar-refractivity contribution >= 4 is 32.3 Å². The van der Waals surface area contributed by atoms with Crippen LogP contribution < -0.4 is 0 Å². The van der Waals surface area contributed by atoms with E-state index >= 15 is 0 Å². The predicted molar refractivity (Wildman–Crippen MR) is 224 cm³/mol. The summed E-state index contributed by atoms with van der Waals surface area (Å²) >= 11 is 1.73. The Bertz CT molecular complexity index is 2880. The van der Waals surface area contributed by atoms with Crippen molar-refractivity contribution in [2.45, 2.75) is 0 Å². The zero-order chi connectivity index (χ0) is 36.6. The number of benzene rings is 5. The standard InChI is InChI=1S/C48H30N6S/c1-4-14-32(15-5-1)43-45-41(42(38-20-10-12-28-49-38)44(55-45)39-21-11-13-29-50-39)37-27-26-36(30-40(37)51-43)31-22-24-35(25-23-31)48-53-46(33-16-6-2-7-17-33)52-47(54-48)34-18-8-3-9-19-34/h1-30H. The Balaban J connectivity index is 1.12. The van der Waals surface area contributed by atoms with Crippen LogP contribution >= 0.6 is 11.3 Å². The summed E-state index contributed by atoms with van der Waals surface area (Å²) in [5, 5.41) is 2.20. The van der Waals surface area contributed by atoms with E-state index in [1.165, 1.54) is 0 Å². The van der Waals surface area contributed by atoms with Crippen LogP contribution in [0.15, 0.2) is 182 Å². The van der Waals surface area contributed by atoms with Gasteiger partial charge in [0.05, 0.1) is 32.2 Å². The van der Waals surface area contributed by atoms with E-state index in [1.54, 1.807) is 11.3 Å². The minimum Gasteiger partial charge on any atom is -0.256 e. The van der Waals surface area contributed by atoms with Gasteiger partial charge in [-0.05, 0) is 41.5 Å². The molecule has 0 saturated heterocycles. The molecular formula is C48H30N6S. The van der Waals surface area contributed by atoms with Gasteiger partial charge in [-0.2, -0.15) is 0 Å². The molecule has 258 valence electrons. The molecule has 0 atom stereocenters. The van der Waals surface area contributed by atoms with E-state index in [-0.39, 0.29) is 0 Å². The molecule has 0 aliphatic rings. The van der Waals surface area contributed by atoms with Crippen molar-refractivity contribution in [2.24, 2.45) is 0 Å². The van der Waals surface area contributed by atoms with Crippen molar-refractivity contribution in [2.75, 3.05) is 0 Å². The van der Waals surface area contributed by atoms with Crippen LogP contribution in [-0.4, -0.2) is 29.9 Å². The van der Waals surface area contributed by atoms with Gasteiger partial charge in [0, 0.05) is 51.0 Å². The van der Waals surface area contributed by atoms with Crippen LogP contribution in [0.3, 0.4) is 0 Å².